The Kier molecular flexibility index (Phi) is 5.12. The van der Waals surface area contributed by atoms with Crippen molar-refractivity contribution in [2.24, 2.45) is 5.10 Å². The van der Waals surface area contributed by atoms with Crippen LogP contribution >= 0.6 is 43.6 Å². The Balaban J connectivity index is 1.53. The van der Waals surface area contributed by atoms with Gasteiger partial charge in [-0.15, -0.1) is 0 Å². The van der Waals surface area contributed by atoms with Crippen LogP contribution < -0.4 is 10.1 Å². The topological polar surface area (TPSA) is 53.9 Å². The predicted octanol–water partition coefficient (Wildman–Crippen LogP) is 6.91. The Morgan fingerprint density at radius 1 is 1.06 bits per heavy atom. The summed E-state index contributed by atoms with van der Waals surface area (Å²) in [6.45, 7) is 0. The molecule has 2 unspecified atom stereocenters. The second kappa shape index (κ2) is 8.04. The van der Waals surface area contributed by atoms with E-state index >= 15 is 0 Å². The molecule has 1 amide bonds. The maximum atomic E-state index is 12.7. The van der Waals surface area contributed by atoms with Crippen molar-refractivity contribution in [2.45, 2.75) is 18.3 Å². The summed E-state index contributed by atoms with van der Waals surface area (Å²) < 4.78 is 8.53. The number of hydrogen-bond donors (Lipinski definition) is 1. The minimum atomic E-state index is -1.20. The molecule has 6 rings (SSSR count). The zero-order valence-electron chi connectivity index (χ0n) is 17.2. The Bertz CT molecular complexity index is 1340. The summed E-state index contributed by atoms with van der Waals surface area (Å²) in [6, 6.07) is 24.0. The van der Waals surface area contributed by atoms with E-state index in [9.17, 15) is 4.79 Å². The van der Waals surface area contributed by atoms with Crippen LogP contribution in [0, 0.1) is 0 Å². The summed E-state index contributed by atoms with van der Waals surface area (Å²) in [5.41, 5.74) is 4.03. The van der Waals surface area contributed by atoms with Gasteiger partial charge in [0, 0.05) is 20.9 Å². The molecule has 0 bridgehead atoms. The van der Waals surface area contributed by atoms with Gasteiger partial charge in [-0.25, -0.2) is 5.01 Å². The molecule has 0 aliphatic carbocycles. The second-order valence-electron chi connectivity index (χ2n) is 7.98. The lowest BCUT2D eigenvalue weighted by Crippen LogP contribution is -2.61. The second-order valence-corrected chi connectivity index (χ2v) is 10.8. The number of carbonyl (C=O) groups is 1. The van der Waals surface area contributed by atoms with Crippen molar-refractivity contribution in [3.05, 3.63) is 103 Å². The lowest BCUT2D eigenvalue weighted by Gasteiger charge is -2.45. The number of nitrogens with zero attached hydrogens (tertiary/aromatic N) is 2. The van der Waals surface area contributed by atoms with Crippen LogP contribution in [0.4, 0.5) is 4.79 Å². The van der Waals surface area contributed by atoms with E-state index in [0.717, 1.165) is 53.8 Å². The first-order chi connectivity index (χ1) is 16.0. The van der Waals surface area contributed by atoms with Crippen LogP contribution in [-0.4, -0.2) is 21.8 Å². The highest BCUT2D eigenvalue weighted by atomic mass is 79.9. The molecule has 3 aromatic carbocycles. The Hall–Kier alpha value is -2.55. The Morgan fingerprint density at radius 3 is 2.70 bits per heavy atom. The van der Waals surface area contributed by atoms with E-state index in [1.165, 1.54) is 0 Å². The number of ether oxygens (including phenoxy) is 1. The molecule has 33 heavy (non-hydrogen) atoms. The summed E-state index contributed by atoms with van der Waals surface area (Å²) in [7, 11) is 0. The summed E-state index contributed by atoms with van der Waals surface area (Å²) in [6.07, 6.45) is 2.70. The minimum Gasteiger partial charge on any atom is -0.444 e. The van der Waals surface area contributed by atoms with E-state index in [1.807, 2.05) is 65.7 Å². The monoisotopic (exact) mass is 581 g/mol. The molecule has 3 aromatic rings. The van der Waals surface area contributed by atoms with Gasteiger partial charge in [0.15, 0.2) is 0 Å². The molecule has 2 atom stereocenters. The molecule has 1 saturated heterocycles. The average molecular weight is 583 g/mol. The first-order valence-electron chi connectivity index (χ1n) is 10.4. The smallest absolute Gasteiger partial charge is 0.314 e. The van der Waals surface area contributed by atoms with Gasteiger partial charge in [-0.05, 0) is 59.3 Å². The number of hydrazone groups is 1. The fraction of sp³-hybridized carbons (Fsp3) is 0.120. The summed E-state index contributed by atoms with van der Waals surface area (Å²) in [5, 5.41) is 9.86. The normalized spacial score (nSPS) is 24.4. The van der Waals surface area contributed by atoms with E-state index < -0.39 is 5.85 Å². The molecule has 3 heterocycles. The van der Waals surface area contributed by atoms with E-state index in [4.69, 9.17) is 9.84 Å². The number of amides is 1. The number of halogens is 2. The highest BCUT2D eigenvalue weighted by Gasteiger charge is 2.58. The number of nitrogens with one attached hydrogen (secondary N) is 1. The highest BCUT2D eigenvalue weighted by Crippen LogP contribution is 2.53. The average Bonchev–Trinajstić information content (AvgIpc) is 3.38. The maximum absolute atomic E-state index is 12.7. The third kappa shape index (κ3) is 3.61. The van der Waals surface area contributed by atoms with Gasteiger partial charge in [-0.2, -0.15) is 5.10 Å². The summed E-state index contributed by atoms with van der Waals surface area (Å²) in [5.74, 6) is -0.460. The molecule has 3 aliphatic heterocycles. The molecule has 164 valence electrons. The molecule has 0 saturated carbocycles. The molecule has 1 spiro atoms. The van der Waals surface area contributed by atoms with Crippen molar-refractivity contribution >= 4 is 60.6 Å². The van der Waals surface area contributed by atoms with Gasteiger partial charge >= 0.3 is 5.85 Å². The lowest BCUT2D eigenvalue weighted by atomic mass is 9.95. The molecule has 1 fully saturated rings. The van der Waals surface area contributed by atoms with Gasteiger partial charge < -0.3 is 4.74 Å². The van der Waals surface area contributed by atoms with Gasteiger partial charge in [0.25, 0.3) is 5.24 Å². The number of thioether (sulfide) groups is 1. The summed E-state index contributed by atoms with van der Waals surface area (Å²) >= 11 is 8.27. The third-order valence-electron chi connectivity index (χ3n) is 5.88. The zero-order chi connectivity index (χ0) is 22.6. The Labute approximate surface area is 212 Å². The maximum Gasteiger partial charge on any atom is 0.314 e. The fourth-order valence-electron chi connectivity index (χ4n) is 4.44. The molecule has 8 heteroatoms. The fourth-order valence-corrected chi connectivity index (χ4v) is 6.15. The highest BCUT2D eigenvalue weighted by molar-refractivity contribution is 9.10. The lowest BCUT2D eigenvalue weighted by molar-refractivity contribution is -0.0949. The van der Waals surface area contributed by atoms with Crippen molar-refractivity contribution in [3.8, 4) is 5.75 Å². The van der Waals surface area contributed by atoms with Gasteiger partial charge in [-0.1, -0.05) is 74.3 Å². The molecular formula is C25H17Br2N3O2S. The zero-order valence-corrected chi connectivity index (χ0v) is 21.2. The first-order valence-corrected chi connectivity index (χ1v) is 12.8. The predicted molar refractivity (Wildman–Crippen MR) is 138 cm³/mol. The molecule has 5 nitrogen and oxygen atoms in total. The van der Waals surface area contributed by atoms with Gasteiger partial charge in [0.2, 0.25) is 0 Å². The molecule has 0 radical (unpaired) electrons. The van der Waals surface area contributed by atoms with Crippen LogP contribution in [0.3, 0.4) is 0 Å². The Morgan fingerprint density at radius 2 is 1.88 bits per heavy atom. The number of fused-ring (bicyclic) bond motifs is 4. The van der Waals surface area contributed by atoms with Crippen molar-refractivity contribution in [1.82, 2.24) is 10.3 Å². The quantitative estimate of drug-likeness (QED) is 0.357. The van der Waals surface area contributed by atoms with Crippen LogP contribution in [0.15, 0.2) is 91.7 Å². The van der Waals surface area contributed by atoms with Crippen LogP contribution in [0.25, 0.3) is 6.08 Å². The van der Waals surface area contributed by atoms with Crippen molar-refractivity contribution in [2.75, 3.05) is 0 Å². The third-order valence-corrected chi connectivity index (χ3v) is 7.77. The minimum absolute atomic E-state index is 0.0774. The van der Waals surface area contributed by atoms with Gasteiger partial charge in [0.1, 0.15) is 5.75 Å². The number of hydrogen-bond acceptors (Lipinski definition) is 5. The molecular weight excluding hydrogens is 566 g/mol. The summed E-state index contributed by atoms with van der Waals surface area (Å²) in [4.78, 5) is 13.5. The number of benzene rings is 3. The van der Waals surface area contributed by atoms with Crippen molar-refractivity contribution in [3.63, 3.8) is 0 Å². The standard InChI is InChI=1S/C25H17Br2N3O2S/c26-17-8-4-5-15(11-17)12-23-25(28-24(31)33-23)30-21(19-13-18(27)9-10-22(19)32-25)14-20(29-30)16-6-2-1-3-7-16/h1-13,21H,14H2,(H,28,31)/b23-12-. The van der Waals surface area contributed by atoms with Gasteiger partial charge in [0.05, 0.1) is 16.7 Å². The van der Waals surface area contributed by atoms with E-state index in [-0.39, 0.29) is 11.3 Å². The SMILES string of the molecule is O=C1NC2(Oc3ccc(Br)cc3C3CC(c4ccccc4)=NN32)/C(=C/c2cccc(Br)c2)S1. The number of rotatable bonds is 2. The molecule has 3 aliphatic rings. The van der Waals surface area contributed by atoms with E-state index in [2.05, 4.69) is 55.4 Å². The first kappa shape index (κ1) is 21.0. The molecule has 0 aromatic heterocycles. The van der Waals surface area contributed by atoms with Crippen LogP contribution in [0.1, 0.15) is 29.2 Å². The molecule has 1 N–H and O–H groups in total. The van der Waals surface area contributed by atoms with Crippen LogP contribution in [0.5, 0.6) is 5.75 Å². The van der Waals surface area contributed by atoms with Crippen LogP contribution in [-0.2, 0) is 0 Å². The number of carbonyl (C=O) groups excluding carboxylic acids is 1. The van der Waals surface area contributed by atoms with E-state index in [1.54, 1.807) is 0 Å². The largest absolute Gasteiger partial charge is 0.444 e. The van der Waals surface area contributed by atoms with Crippen molar-refractivity contribution < 1.29 is 9.53 Å². The van der Waals surface area contributed by atoms with Crippen LogP contribution in [0.2, 0.25) is 0 Å². The van der Waals surface area contributed by atoms with Gasteiger partial charge in [-0.3, -0.25) is 10.1 Å². The van der Waals surface area contributed by atoms with Crippen molar-refractivity contribution in [1.29, 1.82) is 0 Å². The van der Waals surface area contributed by atoms with E-state index in [0.29, 0.717) is 6.42 Å².